The first kappa shape index (κ1) is 16.8. The highest BCUT2D eigenvalue weighted by Crippen LogP contribution is 2.23. The Morgan fingerprint density at radius 3 is 2.59 bits per heavy atom. The predicted molar refractivity (Wildman–Crippen MR) is 102 cm³/mol. The zero-order valence-corrected chi connectivity index (χ0v) is 14.6. The van der Waals surface area contributed by atoms with Crippen LogP contribution in [0.3, 0.4) is 0 Å². The number of aromatic nitrogens is 2. The molecule has 0 aliphatic heterocycles. The summed E-state index contributed by atoms with van der Waals surface area (Å²) in [4.78, 5) is 37.0. The fourth-order valence-corrected chi connectivity index (χ4v) is 3.08. The highest BCUT2D eigenvalue weighted by Gasteiger charge is 2.16. The van der Waals surface area contributed by atoms with Gasteiger partial charge in [-0.15, -0.1) is 0 Å². The minimum absolute atomic E-state index is 0.277. The van der Waals surface area contributed by atoms with E-state index < -0.39 is 17.0 Å². The van der Waals surface area contributed by atoms with E-state index in [2.05, 4.69) is 10.4 Å². The Morgan fingerprint density at radius 2 is 1.81 bits per heavy atom. The lowest BCUT2D eigenvalue weighted by atomic mass is 10.2. The zero-order valence-electron chi connectivity index (χ0n) is 14.6. The Labute approximate surface area is 153 Å². The van der Waals surface area contributed by atoms with E-state index in [1.54, 1.807) is 31.2 Å². The van der Waals surface area contributed by atoms with Crippen LogP contribution in [0, 0.1) is 0 Å². The Hall–Kier alpha value is -3.61. The number of nitrogens with zero attached hydrogens (tertiary/aromatic N) is 1. The minimum Gasteiger partial charge on any atom is -0.459 e. The molecule has 2 heterocycles. The van der Waals surface area contributed by atoms with Gasteiger partial charge in [-0.2, -0.15) is 0 Å². The summed E-state index contributed by atoms with van der Waals surface area (Å²) in [6.07, 6.45) is 0. The van der Waals surface area contributed by atoms with Crippen LogP contribution in [0.2, 0.25) is 0 Å². The summed E-state index contributed by atoms with van der Waals surface area (Å²) in [5.74, 6) is 0.208. The van der Waals surface area contributed by atoms with Gasteiger partial charge in [0.1, 0.15) is 17.9 Å². The number of carbonyl (C=O) groups is 1. The molecule has 2 aromatic carbocycles. The minimum atomic E-state index is -0.420. The number of furan rings is 1. The van der Waals surface area contributed by atoms with Crippen molar-refractivity contribution in [3.63, 3.8) is 0 Å². The number of rotatable bonds is 4. The number of carbonyl (C=O) groups excluding carboxylic acids is 1. The molecule has 0 saturated heterocycles. The molecule has 7 nitrogen and oxygen atoms in total. The lowest BCUT2D eigenvalue weighted by Crippen LogP contribution is -2.37. The van der Waals surface area contributed by atoms with Crippen LogP contribution < -0.4 is 16.4 Å². The van der Waals surface area contributed by atoms with E-state index in [0.717, 1.165) is 15.7 Å². The zero-order chi connectivity index (χ0) is 19.0. The van der Waals surface area contributed by atoms with Gasteiger partial charge in [0, 0.05) is 5.39 Å². The smallest absolute Gasteiger partial charge is 0.273 e. The van der Waals surface area contributed by atoms with Gasteiger partial charge < -0.3 is 9.73 Å². The Bertz CT molecular complexity index is 1230. The fraction of sp³-hybridized carbons (Fsp3) is 0.150. The lowest BCUT2D eigenvalue weighted by molar-refractivity contribution is -0.122. The van der Waals surface area contributed by atoms with Crippen molar-refractivity contribution in [3.05, 3.63) is 81.1 Å². The summed E-state index contributed by atoms with van der Waals surface area (Å²) in [6, 6.07) is 15.6. The van der Waals surface area contributed by atoms with Crippen LogP contribution in [-0.4, -0.2) is 15.7 Å². The standard InChI is InChI=1S/C20H17N3O4/c1-12(17-10-13-6-2-5-9-16(13)27-17)21-18(24)11-23-20(26)15-8-4-3-7-14(15)19(25)22-23/h2-10,12H,11H2,1H3,(H,21,24)(H,22,25)/t12-/m1/s1. The molecular formula is C20H17N3O4. The third kappa shape index (κ3) is 3.15. The number of nitrogens with one attached hydrogen (secondary N) is 2. The largest absolute Gasteiger partial charge is 0.459 e. The molecule has 2 N–H and O–H groups in total. The number of aromatic amines is 1. The fourth-order valence-electron chi connectivity index (χ4n) is 3.08. The van der Waals surface area contributed by atoms with Crippen LogP contribution in [0.1, 0.15) is 18.7 Å². The van der Waals surface area contributed by atoms with Gasteiger partial charge in [0.05, 0.1) is 16.8 Å². The number of amides is 1. The van der Waals surface area contributed by atoms with E-state index >= 15 is 0 Å². The quantitative estimate of drug-likeness (QED) is 0.581. The van der Waals surface area contributed by atoms with Gasteiger partial charge >= 0.3 is 0 Å². The summed E-state index contributed by atoms with van der Waals surface area (Å²) < 4.78 is 6.76. The van der Waals surface area contributed by atoms with E-state index in [1.807, 2.05) is 30.3 Å². The molecule has 0 spiro atoms. The highest BCUT2D eigenvalue weighted by atomic mass is 16.3. The molecule has 7 heteroatoms. The van der Waals surface area contributed by atoms with Crippen molar-refractivity contribution >= 4 is 27.6 Å². The van der Waals surface area contributed by atoms with Crippen LogP contribution in [0.4, 0.5) is 0 Å². The van der Waals surface area contributed by atoms with Gasteiger partial charge in [0.2, 0.25) is 5.91 Å². The van der Waals surface area contributed by atoms with Gasteiger partial charge in [-0.3, -0.25) is 19.5 Å². The molecule has 4 aromatic rings. The lowest BCUT2D eigenvalue weighted by Gasteiger charge is -2.12. The van der Waals surface area contributed by atoms with Crippen molar-refractivity contribution in [2.75, 3.05) is 0 Å². The first-order valence-electron chi connectivity index (χ1n) is 8.52. The molecule has 136 valence electrons. The van der Waals surface area contributed by atoms with Crippen LogP contribution in [0.5, 0.6) is 0 Å². The summed E-state index contributed by atoms with van der Waals surface area (Å²) in [5.41, 5.74) is -0.0937. The molecule has 0 bridgehead atoms. The molecule has 0 radical (unpaired) electrons. The monoisotopic (exact) mass is 363 g/mol. The maximum absolute atomic E-state index is 12.5. The van der Waals surface area contributed by atoms with Crippen LogP contribution in [-0.2, 0) is 11.3 Å². The third-order valence-electron chi connectivity index (χ3n) is 4.43. The molecule has 27 heavy (non-hydrogen) atoms. The van der Waals surface area contributed by atoms with Crippen molar-refractivity contribution < 1.29 is 9.21 Å². The van der Waals surface area contributed by atoms with Crippen molar-refractivity contribution in [1.82, 2.24) is 15.1 Å². The molecule has 2 aromatic heterocycles. The maximum atomic E-state index is 12.5. The van der Waals surface area contributed by atoms with Crippen LogP contribution in [0.15, 0.2) is 68.6 Å². The topological polar surface area (TPSA) is 97.1 Å². The second-order valence-corrected chi connectivity index (χ2v) is 6.35. The van der Waals surface area contributed by atoms with Crippen molar-refractivity contribution in [1.29, 1.82) is 0 Å². The number of hydrogen-bond acceptors (Lipinski definition) is 4. The second kappa shape index (κ2) is 6.60. The number of hydrogen-bond donors (Lipinski definition) is 2. The van der Waals surface area contributed by atoms with Gasteiger partial charge in [-0.25, -0.2) is 4.68 Å². The Morgan fingerprint density at radius 1 is 1.11 bits per heavy atom. The molecule has 1 atom stereocenters. The maximum Gasteiger partial charge on any atom is 0.273 e. The van der Waals surface area contributed by atoms with E-state index in [-0.39, 0.29) is 18.0 Å². The first-order valence-corrected chi connectivity index (χ1v) is 8.52. The van der Waals surface area contributed by atoms with E-state index in [0.29, 0.717) is 11.1 Å². The average molecular weight is 363 g/mol. The van der Waals surface area contributed by atoms with Crippen molar-refractivity contribution in [2.45, 2.75) is 19.5 Å². The van der Waals surface area contributed by atoms with Gasteiger partial charge in [-0.1, -0.05) is 30.3 Å². The summed E-state index contributed by atoms with van der Waals surface area (Å²) in [5, 5.41) is 6.76. The molecule has 0 saturated carbocycles. The van der Waals surface area contributed by atoms with Gasteiger partial charge in [0.15, 0.2) is 0 Å². The average Bonchev–Trinajstić information content (AvgIpc) is 3.10. The molecule has 0 aliphatic carbocycles. The molecule has 0 aliphatic rings. The van der Waals surface area contributed by atoms with Gasteiger partial charge in [-0.05, 0) is 31.2 Å². The highest BCUT2D eigenvalue weighted by molar-refractivity contribution is 5.81. The van der Waals surface area contributed by atoms with Crippen LogP contribution in [0.25, 0.3) is 21.7 Å². The summed E-state index contributed by atoms with van der Waals surface area (Å²) >= 11 is 0. The SMILES string of the molecule is C[C@@H](NC(=O)Cn1[nH]c(=O)c2ccccc2c1=O)c1cc2ccccc2o1. The number of fused-ring (bicyclic) bond motifs is 2. The third-order valence-corrected chi connectivity index (χ3v) is 4.43. The van der Waals surface area contributed by atoms with E-state index in [9.17, 15) is 14.4 Å². The predicted octanol–water partition coefficient (Wildman–Crippen LogP) is 2.31. The van der Waals surface area contributed by atoms with E-state index in [1.165, 1.54) is 0 Å². The van der Waals surface area contributed by atoms with Crippen LogP contribution >= 0.6 is 0 Å². The Balaban J connectivity index is 1.55. The normalized spacial score (nSPS) is 12.3. The molecular weight excluding hydrogens is 346 g/mol. The molecule has 0 unspecified atom stereocenters. The number of para-hydroxylation sites is 1. The van der Waals surface area contributed by atoms with Gasteiger partial charge in [0.25, 0.3) is 11.1 Å². The Kier molecular flexibility index (Phi) is 4.12. The van der Waals surface area contributed by atoms with Crippen molar-refractivity contribution in [2.24, 2.45) is 0 Å². The molecule has 1 amide bonds. The summed E-state index contributed by atoms with van der Waals surface area (Å²) in [6.45, 7) is 1.50. The summed E-state index contributed by atoms with van der Waals surface area (Å²) in [7, 11) is 0. The number of benzene rings is 2. The molecule has 0 fully saturated rings. The van der Waals surface area contributed by atoms with E-state index in [4.69, 9.17) is 4.42 Å². The van der Waals surface area contributed by atoms with Crippen molar-refractivity contribution in [3.8, 4) is 0 Å². The first-order chi connectivity index (χ1) is 13.0. The number of H-pyrrole nitrogens is 1. The second-order valence-electron chi connectivity index (χ2n) is 6.35. The molecule has 4 rings (SSSR count).